The quantitative estimate of drug-likeness (QED) is 0.403. The summed E-state index contributed by atoms with van der Waals surface area (Å²) < 4.78 is 5.39. The number of rotatable bonds is 5. The van der Waals surface area contributed by atoms with Crippen molar-refractivity contribution in [3.8, 4) is 11.1 Å². The Morgan fingerprint density at radius 1 is 0.966 bits per heavy atom. The molecule has 1 aromatic heterocycles. The van der Waals surface area contributed by atoms with Crippen LogP contribution in [0.15, 0.2) is 47.8 Å². The van der Waals surface area contributed by atoms with Crippen molar-refractivity contribution in [1.82, 2.24) is 0 Å². The van der Waals surface area contributed by atoms with Crippen LogP contribution in [-0.2, 0) is 4.74 Å². The maximum Gasteiger partial charge on any atom is 0.342 e. The fraction of sp³-hybridized carbons (Fsp3) is 0.143. The van der Waals surface area contributed by atoms with E-state index in [0.29, 0.717) is 21.2 Å². The van der Waals surface area contributed by atoms with Gasteiger partial charge in [0.15, 0.2) is 0 Å². The maximum absolute atomic E-state index is 12.8. The minimum absolute atomic E-state index is 0.140. The maximum atomic E-state index is 12.8. The van der Waals surface area contributed by atoms with Crippen molar-refractivity contribution in [3.63, 3.8) is 0 Å². The lowest BCUT2D eigenvalue weighted by Gasteiger charge is -2.12. The summed E-state index contributed by atoms with van der Waals surface area (Å²) in [5, 5.41) is 5.74. The number of ether oxygens (including phenoxy) is 1. The molecule has 1 N–H and O–H groups in total. The van der Waals surface area contributed by atoms with E-state index in [-0.39, 0.29) is 27.3 Å². The summed E-state index contributed by atoms with van der Waals surface area (Å²) >= 11 is 19.7. The van der Waals surface area contributed by atoms with Gasteiger partial charge in [0, 0.05) is 21.5 Å². The van der Waals surface area contributed by atoms with Crippen LogP contribution in [0, 0.1) is 0 Å². The first-order chi connectivity index (χ1) is 13.8. The Morgan fingerprint density at radius 3 is 2.34 bits per heavy atom. The highest BCUT2D eigenvalue weighted by atomic mass is 35.5. The van der Waals surface area contributed by atoms with Gasteiger partial charge in [0.05, 0.1) is 21.7 Å². The molecule has 0 unspecified atom stereocenters. The van der Waals surface area contributed by atoms with Crippen molar-refractivity contribution in [2.24, 2.45) is 0 Å². The Kier molecular flexibility index (Phi) is 6.85. The highest BCUT2D eigenvalue weighted by Crippen LogP contribution is 2.39. The molecule has 0 aliphatic heterocycles. The van der Waals surface area contributed by atoms with Crippen molar-refractivity contribution in [3.05, 3.63) is 74.0 Å². The van der Waals surface area contributed by atoms with Crippen LogP contribution < -0.4 is 5.32 Å². The fourth-order valence-corrected chi connectivity index (χ4v) is 4.22. The molecule has 0 spiro atoms. The number of thiophene rings is 1. The number of benzene rings is 2. The molecule has 0 bridgehead atoms. The molecule has 3 aromatic rings. The molecule has 1 heterocycles. The molecule has 8 heteroatoms. The molecule has 3 rings (SSSR count). The van der Waals surface area contributed by atoms with E-state index in [1.54, 1.807) is 55.6 Å². The van der Waals surface area contributed by atoms with E-state index in [1.165, 1.54) is 11.3 Å². The number of anilines is 1. The fourth-order valence-electron chi connectivity index (χ4n) is 2.65. The zero-order chi connectivity index (χ0) is 21.1. The van der Waals surface area contributed by atoms with Crippen molar-refractivity contribution < 1.29 is 14.3 Å². The topological polar surface area (TPSA) is 55.4 Å². The van der Waals surface area contributed by atoms with E-state index in [2.05, 4.69) is 5.32 Å². The number of carbonyl (C=O) groups is 2. The van der Waals surface area contributed by atoms with E-state index >= 15 is 0 Å². The number of esters is 1. The number of carbonyl (C=O) groups excluding carboxylic acids is 2. The van der Waals surface area contributed by atoms with Crippen LogP contribution >= 0.6 is 46.1 Å². The first kappa shape index (κ1) is 21.7. The van der Waals surface area contributed by atoms with Crippen molar-refractivity contribution >= 4 is 63.0 Å². The molecule has 0 aliphatic rings. The molecular weight excluding hydrogens is 453 g/mol. The van der Waals surface area contributed by atoms with Gasteiger partial charge in [0.1, 0.15) is 10.6 Å². The second kappa shape index (κ2) is 9.18. The average Bonchev–Trinajstić information content (AvgIpc) is 3.07. The van der Waals surface area contributed by atoms with Crippen LogP contribution in [0.5, 0.6) is 0 Å². The van der Waals surface area contributed by atoms with Gasteiger partial charge in [-0.05, 0) is 32.0 Å². The van der Waals surface area contributed by atoms with E-state index in [9.17, 15) is 9.59 Å². The Morgan fingerprint density at radius 2 is 1.66 bits per heavy atom. The number of hydrogen-bond donors (Lipinski definition) is 1. The number of amides is 1. The van der Waals surface area contributed by atoms with Gasteiger partial charge in [-0.25, -0.2) is 4.79 Å². The molecule has 150 valence electrons. The summed E-state index contributed by atoms with van der Waals surface area (Å²) in [6, 6.07) is 11.9. The summed E-state index contributed by atoms with van der Waals surface area (Å²) in [4.78, 5) is 25.6. The van der Waals surface area contributed by atoms with E-state index in [0.717, 1.165) is 0 Å². The minimum atomic E-state index is -0.552. The van der Waals surface area contributed by atoms with Crippen LogP contribution in [0.25, 0.3) is 11.1 Å². The monoisotopic (exact) mass is 467 g/mol. The number of hydrogen-bond acceptors (Lipinski definition) is 4. The van der Waals surface area contributed by atoms with Gasteiger partial charge >= 0.3 is 5.97 Å². The lowest BCUT2D eigenvalue weighted by Crippen LogP contribution is -2.17. The van der Waals surface area contributed by atoms with E-state index < -0.39 is 11.9 Å². The van der Waals surface area contributed by atoms with Crippen molar-refractivity contribution in [2.75, 3.05) is 5.32 Å². The smallest absolute Gasteiger partial charge is 0.342 e. The zero-order valence-corrected chi connectivity index (χ0v) is 18.5. The van der Waals surface area contributed by atoms with Crippen LogP contribution in [-0.4, -0.2) is 18.0 Å². The first-order valence-electron chi connectivity index (χ1n) is 8.62. The second-order valence-electron chi connectivity index (χ2n) is 6.34. The predicted octanol–water partition coefficient (Wildman–Crippen LogP) is 7.19. The largest absolute Gasteiger partial charge is 0.459 e. The van der Waals surface area contributed by atoms with Crippen LogP contribution in [0.4, 0.5) is 5.00 Å². The van der Waals surface area contributed by atoms with Gasteiger partial charge in [0.25, 0.3) is 5.91 Å². The highest BCUT2D eigenvalue weighted by molar-refractivity contribution is 7.15. The third kappa shape index (κ3) is 4.75. The number of halogens is 3. The van der Waals surface area contributed by atoms with Gasteiger partial charge in [-0.3, -0.25) is 4.79 Å². The Bertz CT molecular complexity index is 1080. The van der Waals surface area contributed by atoms with E-state index in [4.69, 9.17) is 39.5 Å². The standard InChI is InChI=1S/C21H16Cl3NO3S/c1-11(2)28-21(27)17-14(12-6-3-4-8-15(12)22)10-29-20(17)25-19(26)13-7-5-9-16(23)18(13)24/h3-11H,1-2H3,(H,25,26). The normalized spacial score (nSPS) is 10.8. The molecule has 4 nitrogen and oxygen atoms in total. The molecule has 0 saturated heterocycles. The second-order valence-corrected chi connectivity index (χ2v) is 8.41. The van der Waals surface area contributed by atoms with Gasteiger partial charge in [-0.15, -0.1) is 11.3 Å². The Balaban J connectivity index is 2.05. The van der Waals surface area contributed by atoms with E-state index in [1.807, 2.05) is 6.07 Å². The lowest BCUT2D eigenvalue weighted by molar-refractivity contribution is 0.0380. The molecule has 0 radical (unpaired) electrons. The molecule has 2 aromatic carbocycles. The van der Waals surface area contributed by atoms with Gasteiger partial charge < -0.3 is 10.1 Å². The Labute approximate surface area is 187 Å². The molecule has 1 amide bonds. The third-order valence-electron chi connectivity index (χ3n) is 3.93. The van der Waals surface area contributed by atoms with Crippen LogP contribution in [0.3, 0.4) is 0 Å². The first-order valence-corrected chi connectivity index (χ1v) is 10.6. The molecule has 0 aliphatic carbocycles. The van der Waals surface area contributed by atoms with Gasteiger partial charge in [0.2, 0.25) is 0 Å². The predicted molar refractivity (Wildman–Crippen MR) is 120 cm³/mol. The van der Waals surface area contributed by atoms with Crippen molar-refractivity contribution in [2.45, 2.75) is 20.0 Å². The molecule has 0 saturated carbocycles. The summed E-state index contributed by atoms with van der Waals surface area (Å²) in [6.45, 7) is 3.51. The molecule has 29 heavy (non-hydrogen) atoms. The van der Waals surface area contributed by atoms with Crippen LogP contribution in [0.1, 0.15) is 34.6 Å². The summed E-state index contributed by atoms with van der Waals surface area (Å²) in [5.41, 5.74) is 1.69. The number of nitrogens with one attached hydrogen (secondary N) is 1. The lowest BCUT2D eigenvalue weighted by atomic mass is 10.0. The van der Waals surface area contributed by atoms with Crippen molar-refractivity contribution in [1.29, 1.82) is 0 Å². The van der Waals surface area contributed by atoms with Gasteiger partial charge in [-0.1, -0.05) is 59.1 Å². The SMILES string of the molecule is CC(C)OC(=O)c1c(-c2ccccc2Cl)csc1NC(=O)c1cccc(Cl)c1Cl. The zero-order valence-electron chi connectivity index (χ0n) is 15.5. The summed E-state index contributed by atoms with van der Waals surface area (Å²) in [6.07, 6.45) is -0.326. The highest BCUT2D eigenvalue weighted by Gasteiger charge is 2.25. The third-order valence-corrected chi connectivity index (χ3v) is 5.97. The van der Waals surface area contributed by atoms with Crippen LogP contribution in [0.2, 0.25) is 15.1 Å². The molecule has 0 atom stereocenters. The van der Waals surface area contributed by atoms with Gasteiger partial charge in [-0.2, -0.15) is 0 Å². The molecule has 0 fully saturated rings. The molecular formula is C21H16Cl3NO3S. The summed E-state index contributed by atoms with van der Waals surface area (Å²) in [5.74, 6) is -1.03. The average molecular weight is 469 g/mol. The minimum Gasteiger partial charge on any atom is -0.459 e. The Hall–Kier alpha value is -2.05. The summed E-state index contributed by atoms with van der Waals surface area (Å²) in [7, 11) is 0.